The van der Waals surface area contributed by atoms with E-state index in [1.807, 2.05) is 26.0 Å². The molecule has 1 saturated heterocycles. The Hall–Kier alpha value is -2.77. The molecule has 2 aromatic rings. The second-order valence-electron chi connectivity index (χ2n) is 6.61. The molecule has 0 unspecified atom stereocenters. The van der Waals surface area contributed by atoms with Crippen molar-refractivity contribution >= 4 is 46.6 Å². The Balaban J connectivity index is 1.76. The summed E-state index contributed by atoms with van der Waals surface area (Å²) < 4.78 is 5.85. The van der Waals surface area contributed by atoms with Gasteiger partial charge in [-0.1, -0.05) is 23.7 Å². The number of carboxylic acids is 1. The van der Waals surface area contributed by atoms with Crippen molar-refractivity contribution in [3.05, 3.63) is 63.0 Å². The maximum Gasteiger partial charge on any atom is 0.326 e. The van der Waals surface area contributed by atoms with Crippen LogP contribution in [0, 0.1) is 13.8 Å². The Kier molecular flexibility index (Phi) is 6.00. The van der Waals surface area contributed by atoms with Crippen LogP contribution < -0.4 is 4.74 Å². The van der Waals surface area contributed by atoms with E-state index in [-0.39, 0.29) is 4.91 Å². The molecule has 1 fully saturated rings. The number of nitrogens with zero attached hydrogens (tertiary/aromatic N) is 1. The van der Waals surface area contributed by atoms with Gasteiger partial charge in [-0.3, -0.25) is 14.5 Å². The molecule has 8 heteroatoms. The number of rotatable bonds is 5. The molecule has 0 radical (unpaired) electrons. The van der Waals surface area contributed by atoms with Gasteiger partial charge in [-0.15, -0.1) is 0 Å². The molecule has 0 spiro atoms. The summed E-state index contributed by atoms with van der Waals surface area (Å²) in [5, 5.41) is 9.17. The molecule has 0 aromatic heterocycles. The predicted molar refractivity (Wildman–Crippen MR) is 112 cm³/mol. The summed E-state index contributed by atoms with van der Waals surface area (Å²) in [5.74, 6) is -0.568. The first kappa shape index (κ1) is 21.0. The third kappa shape index (κ3) is 4.46. The third-order valence-electron chi connectivity index (χ3n) is 4.39. The molecule has 0 bridgehead atoms. The van der Waals surface area contributed by atoms with Crippen LogP contribution in [0.4, 0.5) is 4.79 Å². The normalized spacial score (nSPS) is 16.4. The van der Waals surface area contributed by atoms with Crippen LogP contribution in [0.15, 0.2) is 41.3 Å². The maximum absolute atomic E-state index is 12.4. The van der Waals surface area contributed by atoms with Crippen molar-refractivity contribution < 1.29 is 24.2 Å². The van der Waals surface area contributed by atoms with Crippen LogP contribution in [0.1, 0.15) is 23.6 Å². The van der Waals surface area contributed by atoms with Crippen LogP contribution in [0.3, 0.4) is 0 Å². The van der Waals surface area contributed by atoms with Crippen LogP contribution >= 0.6 is 23.4 Å². The van der Waals surface area contributed by atoms with Crippen molar-refractivity contribution in [2.75, 3.05) is 0 Å². The average Bonchev–Trinajstić information content (AvgIpc) is 2.94. The second-order valence-corrected chi connectivity index (χ2v) is 7.98. The Morgan fingerprint density at radius 3 is 2.28 bits per heavy atom. The molecule has 1 heterocycles. The number of thioether (sulfide) groups is 1. The molecule has 3 rings (SSSR count). The quantitative estimate of drug-likeness (QED) is 0.650. The van der Waals surface area contributed by atoms with Crippen LogP contribution in [0.2, 0.25) is 5.02 Å². The molecular weight excluding hydrogens is 414 g/mol. The van der Waals surface area contributed by atoms with E-state index in [1.54, 1.807) is 30.3 Å². The minimum atomic E-state index is -1.23. The molecule has 6 nitrogen and oxygen atoms in total. The van der Waals surface area contributed by atoms with Crippen molar-refractivity contribution in [2.24, 2.45) is 0 Å². The van der Waals surface area contributed by atoms with Gasteiger partial charge in [0.15, 0.2) is 0 Å². The lowest BCUT2D eigenvalue weighted by molar-refractivity contribution is -0.145. The summed E-state index contributed by atoms with van der Waals surface area (Å²) in [6.45, 7) is 5.11. The standard InChI is InChI=1S/C21H18ClNO5S/c1-11-8-16(9-12(2)18(11)22)28-15-6-4-14(5-7-15)10-17-19(24)23(21(27)29-17)13(3)20(25)26/h4-10,13H,1-3H3,(H,25,26)/b17-10-/t13-/m0/s1. The molecule has 2 aromatic carbocycles. The average molecular weight is 432 g/mol. The summed E-state index contributed by atoms with van der Waals surface area (Å²) >= 11 is 6.90. The minimum absolute atomic E-state index is 0.181. The van der Waals surface area contributed by atoms with Gasteiger partial charge >= 0.3 is 5.97 Å². The highest BCUT2D eigenvalue weighted by Crippen LogP contribution is 2.34. The predicted octanol–water partition coefficient (Wildman–Crippen LogP) is 5.26. The number of carboxylic acid groups (broad SMARTS) is 1. The number of hydrogen-bond acceptors (Lipinski definition) is 5. The molecule has 2 amide bonds. The first-order valence-electron chi connectivity index (χ1n) is 8.72. The van der Waals surface area contributed by atoms with E-state index in [9.17, 15) is 14.4 Å². The molecule has 0 saturated carbocycles. The Bertz CT molecular complexity index is 1010. The van der Waals surface area contributed by atoms with E-state index in [1.165, 1.54) is 6.92 Å². The van der Waals surface area contributed by atoms with Gasteiger partial charge in [-0.2, -0.15) is 0 Å². The molecule has 1 atom stereocenters. The Morgan fingerprint density at radius 2 is 1.72 bits per heavy atom. The summed E-state index contributed by atoms with van der Waals surface area (Å²) in [7, 11) is 0. The van der Waals surface area contributed by atoms with Crippen molar-refractivity contribution in [1.29, 1.82) is 0 Å². The summed E-state index contributed by atoms with van der Waals surface area (Å²) in [4.78, 5) is 36.4. The molecule has 1 aliphatic rings. The Labute approximate surface area is 177 Å². The van der Waals surface area contributed by atoms with E-state index >= 15 is 0 Å². The van der Waals surface area contributed by atoms with E-state index in [4.69, 9.17) is 21.4 Å². The van der Waals surface area contributed by atoms with Gasteiger partial charge in [0.1, 0.15) is 17.5 Å². The zero-order valence-electron chi connectivity index (χ0n) is 15.9. The van der Waals surface area contributed by atoms with Crippen LogP contribution in [-0.2, 0) is 9.59 Å². The van der Waals surface area contributed by atoms with Gasteiger partial charge < -0.3 is 9.84 Å². The van der Waals surface area contributed by atoms with Crippen LogP contribution in [0.25, 0.3) is 6.08 Å². The molecule has 0 aliphatic carbocycles. The van der Waals surface area contributed by atoms with Crippen molar-refractivity contribution in [3.8, 4) is 11.5 Å². The van der Waals surface area contributed by atoms with E-state index in [0.29, 0.717) is 22.1 Å². The number of halogens is 1. The number of ether oxygens (including phenoxy) is 1. The van der Waals surface area contributed by atoms with Crippen molar-refractivity contribution in [2.45, 2.75) is 26.8 Å². The van der Waals surface area contributed by atoms with Crippen LogP contribution in [0.5, 0.6) is 11.5 Å². The molecular formula is C21H18ClNO5S. The summed E-state index contributed by atoms with van der Waals surface area (Å²) in [6.07, 6.45) is 1.56. The molecule has 150 valence electrons. The van der Waals surface area contributed by atoms with Crippen molar-refractivity contribution in [1.82, 2.24) is 4.90 Å². The first-order chi connectivity index (χ1) is 13.7. The topological polar surface area (TPSA) is 83.9 Å². The molecule has 1 aliphatic heterocycles. The smallest absolute Gasteiger partial charge is 0.326 e. The largest absolute Gasteiger partial charge is 0.480 e. The van der Waals surface area contributed by atoms with Crippen LogP contribution in [-0.4, -0.2) is 33.2 Å². The lowest BCUT2D eigenvalue weighted by Crippen LogP contribution is -2.41. The lowest BCUT2D eigenvalue weighted by atomic mass is 10.1. The fraction of sp³-hybridized carbons (Fsp3) is 0.190. The highest BCUT2D eigenvalue weighted by Gasteiger charge is 2.40. The van der Waals surface area contributed by atoms with E-state index in [0.717, 1.165) is 27.8 Å². The Morgan fingerprint density at radius 1 is 1.14 bits per heavy atom. The van der Waals surface area contributed by atoms with E-state index in [2.05, 4.69) is 0 Å². The van der Waals surface area contributed by atoms with Gasteiger partial charge in [-0.05, 0) is 79.6 Å². The fourth-order valence-corrected chi connectivity index (χ4v) is 3.83. The first-order valence-corrected chi connectivity index (χ1v) is 9.91. The fourth-order valence-electron chi connectivity index (χ4n) is 2.81. The monoisotopic (exact) mass is 431 g/mol. The van der Waals surface area contributed by atoms with Gasteiger partial charge in [-0.25, -0.2) is 4.79 Å². The zero-order chi connectivity index (χ0) is 21.3. The number of amides is 2. The number of benzene rings is 2. The summed E-state index contributed by atoms with van der Waals surface area (Å²) in [6, 6.07) is 9.48. The number of aliphatic carboxylic acids is 1. The number of imide groups is 1. The van der Waals surface area contributed by atoms with Gasteiger partial charge in [0.2, 0.25) is 0 Å². The zero-order valence-corrected chi connectivity index (χ0v) is 17.5. The number of carbonyl (C=O) groups excluding carboxylic acids is 2. The van der Waals surface area contributed by atoms with Gasteiger partial charge in [0.05, 0.1) is 4.91 Å². The lowest BCUT2D eigenvalue weighted by Gasteiger charge is -2.16. The highest BCUT2D eigenvalue weighted by atomic mass is 35.5. The summed E-state index contributed by atoms with van der Waals surface area (Å²) in [5.41, 5.74) is 2.53. The van der Waals surface area contributed by atoms with Gasteiger partial charge in [0.25, 0.3) is 11.1 Å². The van der Waals surface area contributed by atoms with Gasteiger partial charge in [0, 0.05) is 5.02 Å². The SMILES string of the molecule is Cc1cc(Oc2ccc(/C=C3\SC(=O)N([C@@H](C)C(=O)O)C3=O)cc2)cc(C)c1Cl. The number of hydrogen-bond donors (Lipinski definition) is 1. The van der Waals surface area contributed by atoms with Crippen molar-refractivity contribution in [3.63, 3.8) is 0 Å². The highest BCUT2D eigenvalue weighted by molar-refractivity contribution is 8.18. The third-order valence-corrected chi connectivity index (χ3v) is 5.87. The second kappa shape index (κ2) is 8.31. The molecule has 29 heavy (non-hydrogen) atoms. The molecule has 1 N–H and O–H groups in total. The number of aryl methyl sites for hydroxylation is 2. The number of carbonyl (C=O) groups is 3. The minimum Gasteiger partial charge on any atom is -0.480 e. The maximum atomic E-state index is 12.4. The van der Waals surface area contributed by atoms with E-state index < -0.39 is 23.2 Å².